The molecule has 2 aliphatic rings. The van der Waals surface area contributed by atoms with E-state index >= 15 is 0 Å². The molecule has 0 radical (unpaired) electrons. The van der Waals surface area contributed by atoms with Gasteiger partial charge in [-0.3, -0.25) is 9.69 Å². The Bertz CT molecular complexity index is 1010. The molecule has 2 aliphatic heterocycles. The van der Waals surface area contributed by atoms with Crippen molar-refractivity contribution in [1.29, 1.82) is 0 Å². The van der Waals surface area contributed by atoms with Gasteiger partial charge in [0.05, 0.1) is 12.2 Å². The van der Waals surface area contributed by atoms with E-state index in [-0.39, 0.29) is 23.4 Å². The molecule has 3 heterocycles. The average molecular weight is 446 g/mol. The first-order valence-corrected chi connectivity index (χ1v) is 12.5. The lowest BCUT2D eigenvalue weighted by Crippen LogP contribution is -2.43. The van der Waals surface area contributed by atoms with E-state index < -0.39 is 10.0 Å². The Morgan fingerprint density at radius 3 is 2.74 bits per heavy atom. The molecule has 1 atom stereocenters. The van der Waals surface area contributed by atoms with E-state index in [1.54, 1.807) is 10.8 Å². The summed E-state index contributed by atoms with van der Waals surface area (Å²) in [7, 11) is -3.69. The quantitative estimate of drug-likeness (QED) is 0.708. The van der Waals surface area contributed by atoms with Crippen molar-refractivity contribution in [2.24, 2.45) is 5.92 Å². The third kappa shape index (κ3) is 5.16. The zero-order valence-corrected chi connectivity index (χ0v) is 18.9. The van der Waals surface area contributed by atoms with Crippen LogP contribution in [0.25, 0.3) is 0 Å². The number of nitrogens with one attached hydrogen (secondary N) is 1. The molecule has 1 aromatic heterocycles. The highest BCUT2D eigenvalue weighted by Gasteiger charge is 2.34. The Labute approximate surface area is 184 Å². The predicted octanol–water partition coefficient (Wildman–Crippen LogP) is 2.54. The maximum absolute atomic E-state index is 13.0. The number of sulfonamides is 1. The van der Waals surface area contributed by atoms with Crippen molar-refractivity contribution in [1.82, 2.24) is 18.8 Å². The number of piperidine rings is 1. The number of imidazole rings is 1. The molecule has 4 rings (SSSR count). The Morgan fingerprint density at radius 2 is 2.00 bits per heavy atom. The van der Waals surface area contributed by atoms with Gasteiger partial charge in [-0.25, -0.2) is 13.4 Å². The Balaban J connectivity index is 1.39. The summed E-state index contributed by atoms with van der Waals surface area (Å²) in [6, 6.07) is 7.95. The number of nitrogens with zero attached hydrogens (tertiary/aromatic N) is 4. The van der Waals surface area contributed by atoms with E-state index in [1.807, 2.05) is 25.1 Å². The molecule has 168 valence electrons. The van der Waals surface area contributed by atoms with Gasteiger partial charge in [0.2, 0.25) is 5.91 Å². The van der Waals surface area contributed by atoms with Crippen molar-refractivity contribution in [3.8, 4) is 0 Å². The van der Waals surface area contributed by atoms with Gasteiger partial charge in [-0.1, -0.05) is 12.1 Å². The van der Waals surface area contributed by atoms with Crippen LogP contribution in [0.2, 0.25) is 0 Å². The van der Waals surface area contributed by atoms with E-state index in [2.05, 4.69) is 21.3 Å². The fraction of sp³-hybridized carbons (Fsp3) is 0.545. The van der Waals surface area contributed by atoms with Gasteiger partial charge in [0.1, 0.15) is 0 Å². The van der Waals surface area contributed by atoms with Crippen molar-refractivity contribution >= 4 is 21.6 Å². The summed E-state index contributed by atoms with van der Waals surface area (Å²) in [4.78, 5) is 19.4. The van der Waals surface area contributed by atoms with Crippen LogP contribution in [-0.2, 0) is 27.9 Å². The largest absolute Gasteiger partial charge is 0.336 e. The molecule has 8 nitrogen and oxygen atoms in total. The van der Waals surface area contributed by atoms with Crippen LogP contribution in [0.3, 0.4) is 0 Å². The number of hydrogen-bond donors (Lipinski definition) is 1. The number of carbonyl (C=O) groups excluding carboxylic acids is 1. The Kier molecular flexibility index (Phi) is 6.74. The smallest absolute Gasteiger partial charge is 0.262 e. The SMILES string of the molecule is CCn1cnc(S(=O)(=O)N2CCC[C@H](C(=O)Nc3cccc(CN4CCCC4)c3)C2)c1. The Hall–Kier alpha value is -2.23. The van der Waals surface area contributed by atoms with Gasteiger partial charge in [-0.15, -0.1) is 0 Å². The molecule has 1 N–H and O–H groups in total. The lowest BCUT2D eigenvalue weighted by molar-refractivity contribution is -0.120. The minimum atomic E-state index is -3.69. The minimum Gasteiger partial charge on any atom is -0.336 e. The number of hydrogen-bond acceptors (Lipinski definition) is 5. The van der Waals surface area contributed by atoms with Crippen molar-refractivity contribution < 1.29 is 13.2 Å². The number of amides is 1. The van der Waals surface area contributed by atoms with Gasteiger partial charge >= 0.3 is 0 Å². The molecule has 31 heavy (non-hydrogen) atoms. The van der Waals surface area contributed by atoms with Crippen LogP contribution in [0, 0.1) is 5.92 Å². The second kappa shape index (κ2) is 9.50. The van der Waals surface area contributed by atoms with Gasteiger partial charge in [-0.05, 0) is 63.4 Å². The summed E-state index contributed by atoms with van der Waals surface area (Å²) in [5.74, 6) is -0.503. The van der Waals surface area contributed by atoms with Gasteiger partial charge < -0.3 is 9.88 Å². The second-order valence-corrected chi connectivity index (χ2v) is 10.3. The lowest BCUT2D eigenvalue weighted by atomic mass is 9.98. The lowest BCUT2D eigenvalue weighted by Gasteiger charge is -2.30. The number of carbonyl (C=O) groups is 1. The zero-order valence-electron chi connectivity index (χ0n) is 18.0. The number of rotatable bonds is 7. The number of aromatic nitrogens is 2. The van der Waals surface area contributed by atoms with Crippen LogP contribution in [0.1, 0.15) is 38.2 Å². The fourth-order valence-electron chi connectivity index (χ4n) is 4.34. The molecular formula is C22H31N5O3S. The topological polar surface area (TPSA) is 87.5 Å². The monoisotopic (exact) mass is 445 g/mol. The minimum absolute atomic E-state index is 0.0463. The van der Waals surface area contributed by atoms with Crippen molar-refractivity contribution in [2.75, 3.05) is 31.5 Å². The number of likely N-dealkylation sites (tertiary alicyclic amines) is 1. The van der Waals surface area contributed by atoms with Crippen molar-refractivity contribution in [3.63, 3.8) is 0 Å². The highest BCUT2D eigenvalue weighted by Crippen LogP contribution is 2.24. The molecule has 2 fully saturated rings. The molecule has 2 aromatic rings. The number of anilines is 1. The molecule has 0 aliphatic carbocycles. The predicted molar refractivity (Wildman–Crippen MR) is 119 cm³/mol. The fourth-order valence-corrected chi connectivity index (χ4v) is 5.80. The highest BCUT2D eigenvalue weighted by atomic mass is 32.2. The van der Waals surface area contributed by atoms with Crippen molar-refractivity contribution in [2.45, 2.75) is 50.7 Å². The summed E-state index contributed by atoms with van der Waals surface area (Å²) >= 11 is 0. The summed E-state index contributed by atoms with van der Waals surface area (Å²) in [5, 5.41) is 3.05. The summed E-state index contributed by atoms with van der Waals surface area (Å²) < 4.78 is 29.1. The van der Waals surface area contributed by atoms with Gasteiger partial charge in [0.25, 0.3) is 10.0 Å². The van der Waals surface area contributed by atoms with E-state index in [1.165, 1.54) is 29.0 Å². The maximum atomic E-state index is 13.0. The highest BCUT2D eigenvalue weighted by molar-refractivity contribution is 7.89. The second-order valence-electron chi connectivity index (χ2n) is 8.42. The third-order valence-corrected chi connectivity index (χ3v) is 7.88. The number of benzene rings is 1. The van der Waals surface area contributed by atoms with Crippen LogP contribution >= 0.6 is 0 Å². The van der Waals surface area contributed by atoms with Crippen LogP contribution in [-0.4, -0.2) is 59.3 Å². The molecule has 2 saturated heterocycles. The van der Waals surface area contributed by atoms with Crippen LogP contribution in [0.4, 0.5) is 5.69 Å². The van der Waals surface area contributed by atoms with E-state index in [0.717, 1.165) is 25.3 Å². The standard InChI is InChI=1S/C22H31N5O3S/c1-2-25-16-21(23-17-25)31(29,30)27-12-6-8-19(15-27)22(28)24-20-9-5-7-18(13-20)14-26-10-3-4-11-26/h5,7,9,13,16-17,19H,2-4,6,8,10-12,14-15H2,1H3,(H,24,28)/t19-/m0/s1. The van der Waals surface area contributed by atoms with Crippen LogP contribution in [0.15, 0.2) is 41.8 Å². The average Bonchev–Trinajstić information content (AvgIpc) is 3.46. The zero-order chi connectivity index (χ0) is 21.8. The molecule has 0 bridgehead atoms. The molecule has 1 amide bonds. The molecule has 9 heteroatoms. The molecule has 0 saturated carbocycles. The number of aryl methyl sites for hydroxylation is 1. The van der Waals surface area contributed by atoms with E-state index in [9.17, 15) is 13.2 Å². The van der Waals surface area contributed by atoms with Gasteiger partial charge in [0, 0.05) is 38.1 Å². The van der Waals surface area contributed by atoms with Crippen molar-refractivity contribution in [3.05, 3.63) is 42.4 Å². The molecule has 1 aromatic carbocycles. The summed E-state index contributed by atoms with van der Waals surface area (Å²) in [5.41, 5.74) is 1.95. The first kappa shape index (κ1) is 22.0. The third-order valence-electron chi connectivity index (χ3n) is 6.13. The van der Waals surface area contributed by atoms with E-state index in [0.29, 0.717) is 25.9 Å². The maximum Gasteiger partial charge on any atom is 0.262 e. The van der Waals surface area contributed by atoms with E-state index in [4.69, 9.17) is 0 Å². The first-order chi connectivity index (χ1) is 15.0. The van der Waals surface area contributed by atoms with Crippen LogP contribution < -0.4 is 5.32 Å². The Morgan fingerprint density at radius 1 is 1.19 bits per heavy atom. The van der Waals surface area contributed by atoms with Crippen LogP contribution in [0.5, 0.6) is 0 Å². The molecular weight excluding hydrogens is 414 g/mol. The van der Waals surface area contributed by atoms with Gasteiger partial charge in [-0.2, -0.15) is 4.31 Å². The van der Waals surface area contributed by atoms with Gasteiger partial charge in [0.15, 0.2) is 5.03 Å². The summed E-state index contributed by atoms with van der Waals surface area (Å²) in [6.45, 7) is 6.32. The first-order valence-electron chi connectivity index (χ1n) is 11.1. The normalized spacial score (nSPS) is 20.7. The molecule has 0 spiro atoms. The molecule has 0 unspecified atom stereocenters. The summed E-state index contributed by atoms with van der Waals surface area (Å²) in [6.07, 6.45) is 6.89.